The molecule has 4 rings (SSSR count). The number of amides is 2. The Labute approximate surface area is 182 Å². The summed E-state index contributed by atoms with van der Waals surface area (Å²) in [7, 11) is 0. The molecule has 2 aliphatic rings. The van der Waals surface area contributed by atoms with Gasteiger partial charge in [-0.1, -0.05) is 18.2 Å². The van der Waals surface area contributed by atoms with Crippen LogP contribution in [0.4, 0.5) is 0 Å². The SMILES string of the molecule is O=C(CC1(COc2ccccc2)CN(C(=O)Cn2ccnc2)CCO1)N1CCCCC1. The fourth-order valence-corrected chi connectivity index (χ4v) is 4.20. The molecule has 2 aromatic rings. The number of carbonyl (C=O) groups excluding carboxylic acids is 2. The maximum absolute atomic E-state index is 13.1. The van der Waals surface area contributed by atoms with Crippen LogP contribution >= 0.6 is 0 Å². The van der Waals surface area contributed by atoms with Crippen LogP contribution < -0.4 is 4.74 Å². The van der Waals surface area contributed by atoms with Gasteiger partial charge in [0.1, 0.15) is 24.5 Å². The minimum absolute atomic E-state index is 0.0178. The Hall–Kier alpha value is -2.87. The second kappa shape index (κ2) is 9.96. The van der Waals surface area contributed by atoms with Crippen LogP contribution in [0.15, 0.2) is 49.1 Å². The Morgan fingerprint density at radius 2 is 1.84 bits per heavy atom. The number of likely N-dealkylation sites (tertiary alicyclic amines) is 1. The van der Waals surface area contributed by atoms with Crippen molar-refractivity contribution in [1.82, 2.24) is 19.4 Å². The van der Waals surface area contributed by atoms with E-state index < -0.39 is 5.60 Å². The number of para-hydroxylation sites is 1. The van der Waals surface area contributed by atoms with Gasteiger partial charge >= 0.3 is 0 Å². The maximum Gasteiger partial charge on any atom is 0.242 e. The van der Waals surface area contributed by atoms with Crippen LogP contribution in [0.2, 0.25) is 0 Å². The van der Waals surface area contributed by atoms with Crippen molar-refractivity contribution in [3.63, 3.8) is 0 Å². The molecule has 0 saturated carbocycles. The lowest BCUT2D eigenvalue weighted by Crippen LogP contribution is -2.59. The van der Waals surface area contributed by atoms with Crippen molar-refractivity contribution in [2.45, 2.75) is 37.8 Å². The molecule has 0 bridgehead atoms. The third kappa shape index (κ3) is 5.64. The number of aromatic nitrogens is 2. The molecule has 31 heavy (non-hydrogen) atoms. The van der Waals surface area contributed by atoms with Crippen LogP contribution in [0, 0.1) is 0 Å². The van der Waals surface area contributed by atoms with Crippen LogP contribution in [-0.2, 0) is 20.9 Å². The Morgan fingerprint density at radius 1 is 1.03 bits per heavy atom. The lowest BCUT2D eigenvalue weighted by atomic mass is 9.96. The predicted molar refractivity (Wildman–Crippen MR) is 114 cm³/mol. The average Bonchev–Trinajstić information content (AvgIpc) is 3.32. The summed E-state index contributed by atoms with van der Waals surface area (Å²) >= 11 is 0. The Bertz CT molecular complexity index is 852. The maximum atomic E-state index is 13.1. The molecule has 1 aromatic heterocycles. The normalized spacial score (nSPS) is 21.7. The van der Waals surface area contributed by atoms with E-state index in [-0.39, 0.29) is 31.4 Å². The third-order valence-corrected chi connectivity index (χ3v) is 5.91. The quantitative estimate of drug-likeness (QED) is 0.677. The van der Waals surface area contributed by atoms with E-state index >= 15 is 0 Å². The van der Waals surface area contributed by atoms with E-state index in [0.29, 0.717) is 19.7 Å². The lowest BCUT2D eigenvalue weighted by molar-refractivity contribution is -0.166. The highest BCUT2D eigenvalue weighted by Crippen LogP contribution is 2.26. The standard InChI is InChI=1S/C23H30N4O4/c28-21(26-10-5-2-6-11-26)15-23(18-30-20-7-3-1-4-8-20)17-27(13-14-31-23)22(29)16-25-12-9-24-19-25/h1,3-4,7-9,12,19H,2,5-6,10-11,13-18H2. The molecule has 0 radical (unpaired) electrons. The van der Waals surface area contributed by atoms with Crippen molar-refractivity contribution in [2.75, 3.05) is 39.4 Å². The first-order chi connectivity index (χ1) is 15.1. The highest BCUT2D eigenvalue weighted by atomic mass is 16.5. The van der Waals surface area contributed by atoms with Gasteiger partial charge in [-0.25, -0.2) is 4.98 Å². The molecule has 2 amide bonds. The number of hydrogen-bond donors (Lipinski definition) is 0. The lowest BCUT2D eigenvalue weighted by Gasteiger charge is -2.43. The molecule has 1 unspecified atom stereocenters. The van der Waals surface area contributed by atoms with Crippen molar-refractivity contribution in [2.24, 2.45) is 0 Å². The summed E-state index contributed by atoms with van der Waals surface area (Å²) in [5, 5.41) is 0. The van der Waals surface area contributed by atoms with Gasteiger partial charge in [0.05, 0.1) is 25.9 Å². The van der Waals surface area contributed by atoms with Gasteiger partial charge in [0.2, 0.25) is 11.8 Å². The smallest absolute Gasteiger partial charge is 0.242 e. The molecule has 8 nitrogen and oxygen atoms in total. The van der Waals surface area contributed by atoms with Crippen LogP contribution in [-0.4, -0.2) is 76.2 Å². The van der Waals surface area contributed by atoms with E-state index in [1.165, 1.54) is 6.42 Å². The second-order valence-electron chi connectivity index (χ2n) is 8.30. The van der Waals surface area contributed by atoms with Crippen molar-refractivity contribution in [3.8, 4) is 5.75 Å². The predicted octanol–water partition coefficient (Wildman–Crippen LogP) is 1.96. The highest BCUT2D eigenvalue weighted by Gasteiger charge is 2.42. The van der Waals surface area contributed by atoms with Gasteiger partial charge in [-0.15, -0.1) is 0 Å². The van der Waals surface area contributed by atoms with Gasteiger partial charge in [-0.2, -0.15) is 0 Å². The molecule has 2 fully saturated rings. The molecule has 1 aromatic carbocycles. The zero-order chi connectivity index (χ0) is 21.5. The monoisotopic (exact) mass is 426 g/mol. The Kier molecular flexibility index (Phi) is 6.86. The summed E-state index contributed by atoms with van der Waals surface area (Å²) in [6, 6.07) is 9.50. The topological polar surface area (TPSA) is 76.9 Å². The number of hydrogen-bond acceptors (Lipinski definition) is 5. The molecule has 2 saturated heterocycles. The van der Waals surface area contributed by atoms with E-state index in [2.05, 4.69) is 4.98 Å². The van der Waals surface area contributed by atoms with Crippen molar-refractivity contribution >= 4 is 11.8 Å². The minimum Gasteiger partial charge on any atom is -0.490 e. The van der Waals surface area contributed by atoms with Crippen LogP contribution in [0.3, 0.4) is 0 Å². The molecule has 8 heteroatoms. The number of rotatable bonds is 7. The number of morpholine rings is 1. The zero-order valence-corrected chi connectivity index (χ0v) is 17.8. The number of piperidine rings is 1. The third-order valence-electron chi connectivity index (χ3n) is 5.91. The largest absolute Gasteiger partial charge is 0.490 e. The fraction of sp³-hybridized carbons (Fsp3) is 0.522. The minimum atomic E-state index is -0.868. The van der Waals surface area contributed by atoms with Crippen molar-refractivity contribution in [3.05, 3.63) is 49.1 Å². The van der Waals surface area contributed by atoms with Gasteiger partial charge in [0.25, 0.3) is 0 Å². The summed E-state index contributed by atoms with van der Waals surface area (Å²) in [6.07, 6.45) is 8.49. The first kappa shape index (κ1) is 21.4. The zero-order valence-electron chi connectivity index (χ0n) is 17.8. The van der Waals surface area contributed by atoms with Crippen molar-refractivity contribution < 1.29 is 19.1 Å². The summed E-state index contributed by atoms with van der Waals surface area (Å²) in [6.45, 7) is 3.21. The van der Waals surface area contributed by atoms with Gasteiger partial charge in [-0.05, 0) is 31.4 Å². The van der Waals surface area contributed by atoms with Crippen LogP contribution in [0.5, 0.6) is 5.75 Å². The molecule has 166 valence electrons. The number of ether oxygens (including phenoxy) is 2. The van der Waals surface area contributed by atoms with E-state index in [4.69, 9.17) is 9.47 Å². The first-order valence-electron chi connectivity index (χ1n) is 11.0. The van der Waals surface area contributed by atoms with Crippen molar-refractivity contribution in [1.29, 1.82) is 0 Å². The van der Waals surface area contributed by atoms with E-state index in [9.17, 15) is 9.59 Å². The number of nitrogens with zero attached hydrogens (tertiary/aromatic N) is 4. The average molecular weight is 427 g/mol. The molecule has 2 aliphatic heterocycles. The van der Waals surface area contributed by atoms with Gasteiger partial charge < -0.3 is 23.8 Å². The molecular formula is C23H30N4O4. The summed E-state index contributed by atoms with van der Waals surface area (Å²) < 4.78 is 13.9. The summed E-state index contributed by atoms with van der Waals surface area (Å²) in [4.78, 5) is 33.7. The molecule has 0 spiro atoms. The number of benzene rings is 1. The number of carbonyl (C=O) groups is 2. The van der Waals surface area contributed by atoms with Crippen LogP contribution in [0.25, 0.3) is 0 Å². The fourth-order valence-electron chi connectivity index (χ4n) is 4.20. The molecule has 0 aliphatic carbocycles. The van der Waals surface area contributed by atoms with Crippen LogP contribution in [0.1, 0.15) is 25.7 Å². The summed E-state index contributed by atoms with van der Waals surface area (Å²) in [5.41, 5.74) is -0.868. The number of imidazole rings is 1. The Balaban J connectivity index is 1.47. The summed E-state index contributed by atoms with van der Waals surface area (Å²) in [5.74, 6) is 0.772. The molecule has 1 atom stereocenters. The van der Waals surface area contributed by atoms with E-state index in [0.717, 1.165) is 31.7 Å². The highest BCUT2D eigenvalue weighted by molar-refractivity contribution is 5.78. The molecular weight excluding hydrogens is 396 g/mol. The first-order valence-corrected chi connectivity index (χ1v) is 11.0. The Morgan fingerprint density at radius 3 is 2.58 bits per heavy atom. The van der Waals surface area contributed by atoms with E-state index in [1.54, 1.807) is 28.2 Å². The molecule has 0 N–H and O–H groups in total. The van der Waals surface area contributed by atoms with E-state index in [1.807, 2.05) is 35.2 Å². The second-order valence-corrected chi connectivity index (χ2v) is 8.30. The van der Waals surface area contributed by atoms with Gasteiger partial charge in [0.15, 0.2) is 0 Å². The van der Waals surface area contributed by atoms with Gasteiger partial charge in [0, 0.05) is 32.0 Å². The molecule has 3 heterocycles. The van der Waals surface area contributed by atoms with Gasteiger partial charge in [-0.3, -0.25) is 9.59 Å².